The average molecular weight is 459 g/mol. The van der Waals surface area contributed by atoms with Crippen LogP contribution < -0.4 is 10.1 Å². The predicted octanol–water partition coefficient (Wildman–Crippen LogP) is 4.98. The van der Waals surface area contributed by atoms with Crippen molar-refractivity contribution in [1.82, 2.24) is 4.31 Å². The molecule has 1 amide bonds. The fourth-order valence-electron chi connectivity index (χ4n) is 3.96. The van der Waals surface area contributed by atoms with Crippen LogP contribution in [0.15, 0.2) is 47.4 Å². The summed E-state index contributed by atoms with van der Waals surface area (Å²) in [6.07, 6.45) is 1.29. The van der Waals surface area contributed by atoms with Gasteiger partial charge in [-0.1, -0.05) is 45.9 Å². The van der Waals surface area contributed by atoms with Gasteiger partial charge in [-0.05, 0) is 60.1 Å². The zero-order valence-electron chi connectivity index (χ0n) is 19.6. The first kappa shape index (κ1) is 24.3. The first-order valence-corrected chi connectivity index (χ1v) is 12.7. The maximum atomic E-state index is 13.5. The van der Waals surface area contributed by atoms with Gasteiger partial charge in [0.1, 0.15) is 10.6 Å². The number of amides is 1. The summed E-state index contributed by atoms with van der Waals surface area (Å²) in [7, 11) is -2.31. The summed E-state index contributed by atoms with van der Waals surface area (Å²) in [6, 6.07) is 13.1. The van der Waals surface area contributed by atoms with E-state index >= 15 is 0 Å². The maximum Gasteiger partial charge on any atom is 0.246 e. The molecule has 6 nitrogen and oxygen atoms in total. The number of carbonyl (C=O) groups excluding carboxylic acids is 1. The molecular formula is C25H34N2O4S. The van der Waals surface area contributed by atoms with Crippen molar-refractivity contribution in [2.75, 3.05) is 25.5 Å². The lowest BCUT2D eigenvalue weighted by atomic mass is 9.98. The molecule has 0 radical (unpaired) electrons. The van der Waals surface area contributed by atoms with Crippen LogP contribution in [0.2, 0.25) is 0 Å². The van der Waals surface area contributed by atoms with Gasteiger partial charge >= 0.3 is 0 Å². The van der Waals surface area contributed by atoms with Gasteiger partial charge in [0, 0.05) is 18.8 Å². The summed E-state index contributed by atoms with van der Waals surface area (Å²) in [4.78, 5) is 13.1. The Labute approximate surface area is 192 Å². The minimum atomic E-state index is -3.79. The minimum Gasteiger partial charge on any atom is -0.495 e. The molecule has 2 aromatic carbocycles. The van der Waals surface area contributed by atoms with E-state index in [0.29, 0.717) is 31.1 Å². The van der Waals surface area contributed by atoms with Gasteiger partial charge in [0.15, 0.2) is 0 Å². The summed E-state index contributed by atoms with van der Waals surface area (Å²) < 4.78 is 33.7. The van der Waals surface area contributed by atoms with Crippen molar-refractivity contribution in [3.8, 4) is 5.75 Å². The first-order valence-electron chi connectivity index (χ1n) is 11.2. The van der Waals surface area contributed by atoms with Gasteiger partial charge in [0.2, 0.25) is 15.9 Å². The van der Waals surface area contributed by atoms with E-state index in [0.717, 1.165) is 11.3 Å². The van der Waals surface area contributed by atoms with Gasteiger partial charge in [-0.3, -0.25) is 4.79 Å². The molecule has 2 aromatic rings. The van der Waals surface area contributed by atoms with Gasteiger partial charge in [0.05, 0.1) is 13.0 Å². The quantitative estimate of drug-likeness (QED) is 0.635. The molecule has 1 atom stereocenters. The molecule has 0 aromatic heterocycles. The highest BCUT2D eigenvalue weighted by Gasteiger charge is 2.35. The summed E-state index contributed by atoms with van der Waals surface area (Å²) >= 11 is 0. The second kappa shape index (κ2) is 10.0. The molecule has 1 N–H and O–H groups in total. The minimum absolute atomic E-state index is 0.148. The van der Waals surface area contributed by atoms with Crippen molar-refractivity contribution in [2.45, 2.75) is 57.3 Å². The molecule has 0 aliphatic carbocycles. The van der Waals surface area contributed by atoms with Gasteiger partial charge in [-0.25, -0.2) is 8.42 Å². The van der Waals surface area contributed by atoms with Crippen LogP contribution in [0.25, 0.3) is 0 Å². The molecule has 0 unspecified atom stereocenters. The fraction of sp³-hybridized carbons (Fsp3) is 0.480. The Morgan fingerprint density at radius 1 is 1.03 bits per heavy atom. The number of benzene rings is 2. The molecule has 1 heterocycles. The Hall–Kier alpha value is -2.38. The number of hydrogen-bond acceptors (Lipinski definition) is 4. The Balaban J connectivity index is 1.77. The molecule has 1 aliphatic heterocycles. The lowest BCUT2D eigenvalue weighted by molar-refractivity contribution is -0.120. The summed E-state index contributed by atoms with van der Waals surface area (Å²) in [5, 5.41) is 2.95. The third-order valence-electron chi connectivity index (χ3n) is 6.07. The number of ether oxygens (including phenoxy) is 1. The topological polar surface area (TPSA) is 75.7 Å². The third-order valence-corrected chi connectivity index (χ3v) is 7.96. The Morgan fingerprint density at radius 2 is 1.66 bits per heavy atom. The van der Waals surface area contributed by atoms with Gasteiger partial charge in [0.25, 0.3) is 0 Å². The number of methoxy groups -OCH3 is 1. The van der Waals surface area contributed by atoms with Crippen LogP contribution in [0, 0.1) is 5.92 Å². The lowest BCUT2D eigenvalue weighted by Crippen LogP contribution is -2.43. The fourth-order valence-corrected chi connectivity index (χ4v) is 5.68. The van der Waals surface area contributed by atoms with Crippen LogP contribution in [-0.2, 0) is 14.8 Å². The van der Waals surface area contributed by atoms with Crippen molar-refractivity contribution >= 4 is 21.6 Å². The van der Waals surface area contributed by atoms with Gasteiger partial charge < -0.3 is 10.1 Å². The zero-order valence-corrected chi connectivity index (χ0v) is 20.4. The first-order chi connectivity index (χ1) is 15.1. The highest BCUT2D eigenvalue weighted by Crippen LogP contribution is 2.32. The highest BCUT2D eigenvalue weighted by atomic mass is 32.2. The number of nitrogens with zero attached hydrogens (tertiary/aromatic N) is 1. The SMILES string of the molecule is COc1ccc(C(C)C)cc1S(=O)(=O)N1CCC[C@@H](C(=O)Nc2ccc(C(C)C)cc2)C1. The molecular weight excluding hydrogens is 424 g/mol. The molecule has 1 saturated heterocycles. The smallest absolute Gasteiger partial charge is 0.246 e. The highest BCUT2D eigenvalue weighted by molar-refractivity contribution is 7.89. The Morgan fingerprint density at radius 3 is 2.25 bits per heavy atom. The molecule has 7 heteroatoms. The lowest BCUT2D eigenvalue weighted by Gasteiger charge is -2.31. The van der Waals surface area contributed by atoms with Crippen LogP contribution in [0.5, 0.6) is 5.75 Å². The third kappa shape index (κ3) is 5.33. The van der Waals surface area contributed by atoms with Crippen LogP contribution in [-0.4, -0.2) is 38.8 Å². The van der Waals surface area contributed by atoms with E-state index in [9.17, 15) is 13.2 Å². The monoisotopic (exact) mass is 458 g/mol. The van der Waals surface area contributed by atoms with Crippen molar-refractivity contribution in [3.63, 3.8) is 0 Å². The normalized spacial score (nSPS) is 17.5. The van der Waals surface area contributed by atoms with E-state index in [2.05, 4.69) is 19.2 Å². The summed E-state index contributed by atoms with van der Waals surface area (Å²) in [6.45, 7) is 8.84. The summed E-state index contributed by atoms with van der Waals surface area (Å²) in [5.74, 6) is 0.388. The van der Waals surface area contributed by atoms with Crippen LogP contribution >= 0.6 is 0 Å². The molecule has 0 bridgehead atoms. The van der Waals surface area contributed by atoms with Crippen LogP contribution in [0.3, 0.4) is 0 Å². The number of sulfonamides is 1. The molecule has 32 heavy (non-hydrogen) atoms. The van der Waals surface area contributed by atoms with E-state index in [1.165, 1.54) is 17.0 Å². The second-order valence-corrected chi connectivity index (χ2v) is 10.9. The van der Waals surface area contributed by atoms with Crippen molar-refractivity contribution < 1.29 is 17.9 Å². The van der Waals surface area contributed by atoms with E-state index in [4.69, 9.17) is 4.74 Å². The molecule has 1 aliphatic rings. The molecule has 0 saturated carbocycles. The van der Waals surface area contributed by atoms with Crippen LogP contribution in [0.4, 0.5) is 5.69 Å². The van der Waals surface area contributed by atoms with Crippen molar-refractivity contribution in [3.05, 3.63) is 53.6 Å². The van der Waals surface area contributed by atoms with E-state index in [-0.39, 0.29) is 23.3 Å². The van der Waals surface area contributed by atoms with E-state index < -0.39 is 15.9 Å². The Bertz CT molecular complexity index is 1050. The molecule has 3 rings (SSSR count). The number of anilines is 1. The van der Waals surface area contributed by atoms with Gasteiger partial charge in [-0.2, -0.15) is 4.31 Å². The molecule has 1 fully saturated rings. The standard InChI is InChI=1S/C25H34N2O4S/c1-17(2)19-8-11-22(12-9-19)26-25(28)21-7-6-14-27(16-21)32(29,30)24-15-20(18(3)4)10-13-23(24)31-5/h8-13,15,17-18,21H,6-7,14,16H2,1-5H3,(H,26,28)/t21-/m1/s1. The number of rotatable bonds is 7. The number of piperidine rings is 1. The molecule has 174 valence electrons. The van der Waals surface area contributed by atoms with Crippen molar-refractivity contribution in [1.29, 1.82) is 0 Å². The van der Waals surface area contributed by atoms with Crippen molar-refractivity contribution in [2.24, 2.45) is 5.92 Å². The van der Waals surface area contributed by atoms with Crippen LogP contribution in [0.1, 0.15) is 63.5 Å². The zero-order chi connectivity index (χ0) is 23.5. The predicted molar refractivity (Wildman–Crippen MR) is 128 cm³/mol. The number of nitrogens with one attached hydrogen (secondary N) is 1. The maximum absolute atomic E-state index is 13.5. The van der Waals surface area contributed by atoms with E-state index in [1.54, 1.807) is 12.1 Å². The molecule has 0 spiro atoms. The second-order valence-electron chi connectivity index (χ2n) is 9.03. The summed E-state index contributed by atoms with van der Waals surface area (Å²) in [5.41, 5.74) is 2.86. The van der Waals surface area contributed by atoms with Gasteiger partial charge in [-0.15, -0.1) is 0 Å². The number of hydrogen-bond donors (Lipinski definition) is 1. The number of carbonyl (C=O) groups is 1. The largest absolute Gasteiger partial charge is 0.495 e. The average Bonchev–Trinajstić information content (AvgIpc) is 2.79. The van der Waals surface area contributed by atoms with E-state index in [1.807, 2.05) is 44.2 Å². The Kier molecular flexibility index (Phi) is 7.62.